The SMILES string of the molecule is CC(C(=O)Nc1ccc(C(C)(C)C)c([N+](=O)[O-])c1)n1cncn1. The van der Waals surface area contributed by atoms with E-state index in [0.717, 1.165) is 0 Å². The molecule has 1 aromatic heterocycles. The van der Waals surface area contributed by atoms with Gasteiger partial charge in [-0.05, 0) is 24.5 Å². The zero-order valence-corrected chi connectivity index (χ0v) is 13.5. The molecular weight excluding hydrogens is 298 g/mol. The molecule has 0 saturated heterocycles. The predicted molar refractivity (Wildman–Crippen MR) is 85.2 cm³/mol. The molecule has 2 aromatic rings. The molecule has 1 heterocycles. The summed E-state index contributed by atoms with van der Waals surface area (Å²) in [6.45, 7) is 7.38. The molecule has 0 aliphatic heterocycles. The molecule has 0 fully saturated rings. The fourth-order valence-electron chi connectivity index (χ4n) is 2.18. The molecule has 0 aliphatic carbocycles. The van der Waals surface area contributed by atoms with Crippen molar-refractivity contribution in [2.45, 2.75) is 39.2 Å². The number of aromatic nitrogens is 3. The minimum absolute atomic E-state index is 0.0105. The average molecular weight is 317 g/mol. The van der Waals surface area contributed by atoms with E-state index in [0.29, 0.717) is 11.3 Å². The van der Waals surface area contributed by atoms with Crippen molar-refractivity contribution >= 4 is 17.3 Å². The van der Waals surface area contributed by atoms with Gasteiger partial charge in [0.25, 0.3) is 5.69 Å². The topological polar surface area (TPSA) is 103 Å². The Labute approximate surface area is 133 Å². The smallest absolute Gasteiger partial charge is 0.275 e. The molecule has 1 aromatic carbocycles. The van der Waals surface area contributed by atoms with E-state index in [1.807, 2.05) is 20.8 Å². The van der Waals surface area contributed by atoms with Gasteiger partial charge in [0, 0.05) is 17.3 Å². The van der Waals surface area contributed by atoms with Crippen molar-refractivity contribution < 1.29 is 9.72 Å². The molecule has 8 heteroatoms. The van der Waals surface area contributed by atoms with Crippen molar-refractivity contribution in [2.24, 2.45) is 0 Å². The van der Waals surface area contributed by atoms with Crippen molar-refractivity contribution in [3.8, 4) is 0 Å². The highest BCUT2D eigenvalue weighted by Crippen LogP contribution is 2.33. The molecule has 0 spiro atoms. The summed E-state index contributed by atoms with van der Waals surface area (Å²) in [5, 5.41) is 17.9. The van der Waals surface area contributed by atoms with E-state index in [1.54, 1.807) is 19.1 Å². The van der Waals surface area contributed by atoms with Crippen LogP contribution in [0.2, 0.25) is 0 Å². The second kappa shape index (κ2) is 6.15. The first-order valence-electron chi connectivity index (χ1n) is 7.14. The van der Waals surface area contributed by atoms with Gasteiger partial charge >= 0.3 is 0 Å². The number of benzene rings is 1. The first kappa shape index (κ1) is 16.6. The fourth-order valence-corrected chi connectivity index (χ4v) is 2.18. The predicted octanol–water partition coefficient (Wildman–Crippen LogP) is 2.68. The number of rotatable bonds is 4. The summed E-state index contributed by atoms with van der Waals surface area (Å²) in [5.74, 6) is -0.326. The number of amides is 1. The molecule has 1 N–H and O–H groups in total. The Hall–Kier alpha value is -2.77. The van der Waals surface area contributed by atoms with Crippen molar-refractivity contribution in [3.63, 3.8) is 0 Å². The van der Waals surface area contributed by atoms with Crippen LogP contribution in [0.1, 0.15) is 39.3 Å². The first-order chi connectivity index (χ1) is 10.7. The van der Waals surface area contributed by atoms with Gasteiger partial charge in [0.2, 0.25) is 5.91 Å². The van der Waals surface area contributed by atoms with Gasteiger partial charge in [-0.25, -0.2) is 9.67 Å². The average Bonchev–Trinajstić information content (AvgIpc) is 2.99. The number of anilines is 1. The largest absolute Gasteiger partial charge is 0.324 e. The Bertz CT molecular complexity index is 719. The number of carbonyl (C=O) groups excluding carboxylic acids is 1. The summed E-state index contributed by atoms with van der Waals surface area (Å²) in [4.78, 5) is 26.9. The molecule has 1 unspecified atom stereocenters. The van der Waals surface area contributed by atoms with Crippen LogP contribution in [0.5, 0.6) is 0 Å². The number of hydrogen-bond donors (Lipinski definition) is 1. The lowest BCUT2D eigenvalue weighted by Crippen LogP contribution is -2.24. The minimum Gasteiger partial charge on any atom is -0.324 e. The van der Waals surface area contributed by atoms with Gasteiger partial charge in [0.05, 0.1) is 4.92 Å². The van der Waals surface area contributed by atoms with Gasteiger partial charge in [-0.15, -0.1) is 0 Å². The minimum atomic E-state index is -0.571. The molecule has 0 aliphatic rings. The Morgan fingerprint density at radius 2 is 2.09 bits per heavy atom. The van der Waals surface area contributed by atoms with Crippen LogP contribution < -0.4 is 5.32 Å². The highest BCUT2D eigenvalue weighted by molar-refractivity contribution is 5.93. The Kier molecular flexibility index (Phi) is 4.44. The van der Waals surface area contributed by atoms with Crippen LogP contribution in [0.3, 0.4) is 0 Å². The summed E-state index contributed by atoms with van der Waals surface area (Å²) >= 11 is 0. The quantitative estimate of drug-likeness (QED) is 0.689. The summed E-state index contributed by atoms with van der Waals surface area (Å²) in [5.41, 5.74) is 0.620. The zero-order valence-electron chi connectivity index (χ0n) is 13.5. The first-order valence-corrected chi connectivity index (χ1v) is 7.14. The Morgan fingerprint density at radius 1 is 1.39 bits per heavy atom. The maximum atomic E-state index is 12.2. The van der Waals surface area contributed by atoms with E-state index >= 15 is 0 Å². The lowest BCUT2D eigenvalue weighted by molar-refractivity contribution is -0.385. The summed E-state index contributed by atoms with van der Waals surface area (Å²) in [6, 6.07) is 4.15. The molecule has 1 atom stereocenters. The van der Waals surface area contributed by atoms with Gasteiger partial charge in [0.1, 0.15) is 18.7 Å². The van der Waals surface area contributed by atoms with Crippen molar-refractivity contribution in [1.29, 1.82) is 0 Å². The molecule has 122 valence electrons. The molecule has 0 radical (unpaired) electrons. The van der Waals surface area contributed by atoms with Crippen LogP contribution in [0.15, 0.2) is 30.9 Å². The number of nitro benzene ring substituents is 1. The lowest BCUT2D eigenvalue weighted by atomic mass is 9.85. The van der Waals surface area contributed by atoms with Crippen LogP contribution in [0.4, 0.5) is 11.4 Å². The van der Waals surface area contributed by atoms with Gasteiger partial charge in [-0.2, -0.15) is 5.10 Å². The van der Waals surface area contributed by atoms with E-state index in [-0.39, 0.29) is 17.0 Å². The molecule has 0 saturated carbocycles. The van der Waals surface area contributed by atoms with Crippen LogP contribution >= 0.6 is 0 Å². The highest BCUT2D eigenvalue weighted by atomic mass is 16.6. The zero-order chi connectivity index (χ0) is 17.2. The summed E-state index contributed by atoms with van der Waals surface area (Å²) < 4.78 is 1.41. The third-order valence-corrected chi connectivity index (χ3v) is 3.48. The third-order valence-electron chi connectivity index (χ3n) is 3.48. The monoisotopic (exact) mass is 317 g/mol. The van der Waals surface area contributed by atoms with Gasteiger partial charge < -0.3 is 5.32 Å². The number of nitrogens with one attached hydrogen (secondary N) is 1. The number of carbonyl (C=O) groups is 1. The van der Waals surface area contributed by atoms with Crippen LogP contribution in [0, 0.1) is 10.1 Å². The molecule has 2 rings (SSSR count). The van der Waals surface area contributed by atoms with E-state index in [1.165, 1.54) is 23.4 Å². The highest BCUT2D eigenvalue weighted by Gasteiger charge is 2.25. The van der Waals surface area contributed by atoms with E-state index in [9.17, 15) is 14.9 Å². The number of nitro groups is 1. The summed E-state index contributed by atoms with van der Waals surface area (Å²) in [7, 11) is 0. The number of hydrogen-bond acceptors (Lipinski definition) is 5. The normalized spacial score (nSPS) is 12.7. The molecule has 1 amide bonds. The summed E-state index contributed by atoms with van der Waals surface area (Å²) in [6.07, 6.45) is 2.78. The Morgan fingerprint density at radius 3 is 2.61 bits per heavy atom. The van der Waals surface area contributed by atoms with E-state index < -0.39 is 11.0 Å². The fraction of sp³-hybridized carbons (Fsp3) is 0.400. The second-order valence-electron chi connectivity index (χ2n) is 6.28. The second-order valence-corrected chi connectivity index (χ2v) is 6.28. The van der Waals surface area contributed by atoms with Crippen LogP contribution in [-0.4, -0.2) is 25.6 Å². The van der Waals surface area contributed by atoms with Crippen molar-refractivity contribution in [3.05, 3.63) is 46.5 Å². The van der Waals surface area contributed by atoms with Crippen LogP contribution in [0.25, 0.3) is 0 Å². The molecule has 0 bridgehead atoms. The van der Waals surface area contributed by atoms with Crippen molar-refractivity contribution in [2.75, 3.05) is 5.32 Å². The molecule has 8 nitrogen and oxygen atoms in total. The Balaban J connectivity index is 2.26. The van der Waals surface area contributed by atoms with Gasteiger partial charge in [0.15, 0.2) is 0 Å². The maximum Gasteiger partial charge on any atom is 0.275 e. The maximum absolute atomic E-state index is 12.2. The van der Waals surface area contributed by atoms with Gasteiger partial charge in [-0.3, -0.25) is 14.9 Å². The lowest BCUT2D eigenvalue weighted by Gasteiger charge is -2.19. The molecular formula is C15H19N5O3. The standard InChI is InChI=1S/C15H19N5O3/c1-10(19-9-16-8-17-19)14(21)18-11-5-6-12(15(2,3)4)13(7-11)20(22)23/h5-10H,1-4H3,(H,18,21). The van der Waals surface area contributed by atoms with Crippen molar-refractivity contribution in [1.82, 2.24) is 14.8 Å². The number of nitrogens with zero attached hydrogens (tertiary/aromatic N) is 4. The van der Waals surface area contributed by atoms with Gasteiger partial charge in [-0.1, -0.05) is 20.8 Å². The third kappa shape index (κ3) is 3.71. The van der Waals surface area contributed by atoms with E-state index in [4.69, 9.17) is 0 Å². The van der Waals surface area contributed by atoms with E-state index in [2.05, 4.69) is 15.4 Å². The van der Waals surface area contributed by atoms with Crippen LogP contribution in [-0.2, 0) is 10.2 Å². The molecule has 23 heavy (non-hydrogen) atoms.